The molecular formula is C14H20ClN3O4S. The third-order valence-corrected chi connectivity index (χ3v) is 4.43. The predicted molar refractivity (Wildman–Crippen MR) is 88.3 cm³/mol. The predicted octanol–water partition coefficient (Wildman–Crippen LogP) is 2.08. The van der Waals surface area contributed by atoms with Crippen molar-refractivity contribution in [2.45, 2.75) is 38.8 Å². The van der Waals surface area contributed by atoms with Gasteiger partial charge < -0.3 is 9.64 Å². The van der Waals surface area contributed by atoms with Crippen LogP contribution < -0.4 is 4.31 Å². The molecule has 0 aromatic carbocycles. The van der Waals surface area contributed by atoms with Crippen LogP contribution in [0.2, 0.25) is 5.15 Å². The molecule has 0 N–H and O–H groups in total. The number of halogens is 1. The van der Waals surface area contributed by atoms with E-state index in [1.807, 2.05) is 0 Å². The summed E-state index contributed by atoms with van der Waals surface area (Å²) in [5.74, 6) is 0. The molecule has 0 bridgehead atoms. The summed E-state index contributed by atoms with van der Waals surface area (Å²) in [6.07, 6.45) is 1.75. The molecule has 23 heavy (non-hydrogen) atoms. The summed E-state index contributed by atoms with van der Waals surface area (Å²) in [5, 5.41) is 0.106. The lowest BCUT2D eigenvalue weighted by Crippen LogP contribution is -2.57. The Kier molecular flexibility index (Phi) is 5.36. The molecule has 1 fully saturated rings. The zero-order chi connectivity index (χ0) is 17.2. The topological polar surface area (TPSA) is 79.8 Å². The first-order chi connectivity index (χ1) is 10.7. The van der Waals surface area contributed by atoms with E-state index in [1.165, 1.54) is 11.1 Å². The SMILES string of the molecule is CC(C)(C)OC(=O)N1CCC1CN(c1cccnc1Cl)[SH](=O)=O. The summed E-state index contributed by atoms with van der Waals surface area (Å²) >= 11 is 5.97. The largest absolute Gasteiger partial charge is 0.444 e. The summed E-state index contributed by atoms with van der Waals surface area (Å²) in [5.41, 5.74) is -0.283. The van der Waals surface area contributed by atoms with E-state index < -0.39 is 22.6 Å². The van der Waals surface area contributed by atoms with Crippen molar-refractivity contribution in [3.05, 3.63) is 23.5 Å². The highest BCUT2D eigenvalue weighted by Crippen LogP contribution is 2.27. The molecule has 0 radical (unpaired) electrons. The van der Waals surface area contributed by atoms with Crippen LogP contribution in [0.1, 0.15) is 27.2 Å². The number of rotatable bonds is 4. The molecule has 7 nitrogen and oxygen atoms in total. The minimum Gasteiger partial charge on any atom is -0.444 e. The highest BCUT2D eigenvalue weighted by Gasteiger charge is 2.37. The quantitative estimate of drug-likeness (QED) is 0.656. The molecule has 1 aliphatic heterocycles. The number of hydrogen-bond donors (Lipinski definition) is 1. The highest BCUT2D eigenvalue weighted by molar-refractivity contribution is 7.74. The molecule has 1 unspecified atom stereocenters. The minimum atomic E-state index is -2.90. The maximum Gasteiger partial charge on any atom is 0.410 e. The van der Waals surface area contributed by atoms with Crippen LogP contribution in [0, 0.1) is 0 Å². The van der Waals surface area contributed by atoms with Gasteiger partial charge in [0.15, 0.2) is 5.15 Å². The van der Waals surface area contributed by atoms with Crippen LogP contribution in [0.15, 0.2) is 18.3 Å². The van der Waals surface area contributed by atoms with Gasteiger partial charge in [-0.15, -0.1) is 0 Å². The van der Waals surface area contributed by atoms with Crippen LogP contribution in [-0.4, -0.2) is 49.1 Å². The molecule has 1 atom stereocenters. The van der Waals surface area contributed by atoms with Crippen molar-refractivity contribution < 1.29 is 17.9 Å². The molecule has 2 heterocycles. The van der Waals surface area contributed by atoms with E-state index in [1.54, 1.807) is 32.9 Å². The second-order valence-electron chi connectivity index (χ2n) is 6.25. The van der Waals surface area contributed by atoms with Gasteiger partial charge in [-0.3, -0.25) is 4.31 Å². The zero-order valence-electron chi connectivity index (χ0n) is 13.2. The Bertz CT molecular complexity index is 652. The maximum atomic E-state index is 12.1. The fourth-order valence-corrected chi connectivity index (χ4v) is 3.15. The van der Waals surface area contributed by atoms with Crippen LogP contribution in [0.5, 0.6) is 0 Å². The molecular weight excluding hydrogens is 342 g/mol. The summed E-state index contributed by atoms with van der Waals surface area (Å²) in [6, 6.07) is 2.95. The van der Waals surface area contributed by atoms with Crippen molar-refractivity contribution in [3.63, 3.8) is 0 Å². The van der Waals surface area contributed by atoms with Crippen LogP contribution in [0.4, 0.5) is 10.5 Å². The average molecular weight is 362 g/mol. The Hall–Kier alpha value is -1.54. The number of anilines is 1. The number of likely N-dealkylation sites (tertiary alicyclic amines) is 1. The van der Waals surface area contributed by atoms with Crippen molar-refractivity contribution in [1.82, 2.24) is 9.88 Å². The van der Waals surface area contributed by atoms with Gasteiger partial charge in [-0.2, -0.15) is 0 Å². The van der Waals surface area contributed by atoms with E-state index in [2.05, 4.69) is 4.98 Å². The van der Waals surface area contributed by atoms with E-state index in [9.17, 15) is 13.2 Å². The highest BCUT2D eigenvalue weighted by atomic mass is 35.5. The fourth-order valence-electron chi connectivity index (χ4n) is 2.21. The molecule has 1 saturated heterocycles. The smallest absolute Gasteiger partial charge is 0.410 e. The Morgan fingerprint density at radius 2 is 2.22 bits per heavy atom. The normalized spacial score (nSPS) is 17.8. The molecule has 128 valence electrons. The Morgan fingerprint density at radius 3 is 2.70 bits per heavy atom. The molecule has 1 amide bonds. The van der Waals surface area contributed by atoms with Gasteiger partial charge in [0.25, 0.3) is 0 Å². The van der Waals surface area contributed by atoms with Crippen LogP contribution in [-0.2, 0) is 15.6 Å². The standard InChI is InChI=1S/C14H20ClN3O4S/c1-14(2,3)22-13(19)17-8-6-10(17)9-18(23(20)21)11-5-4-7-16-12(11)15/h4-5,7,10,23H,6,8-9H2,1-3H3. The lowest BCUT2D eigenvalue weighted by Gasteiger charge is -2.42. The van der Waals surface area contributed by atoms with Gasteiger partial charge in [-0.05, 0) is 39.3 Å². The first-order valence-electron chi connectivity index (χ1n) is 7.21. The molecule has 0 aliphatic carbocycles. The Labute approximate surface area is 142 Å². The molecule has 9 heteroatoms. The maximum absolute atomic E-state index is 12.1. The second kappa shape index (κ2) is 6.92. The third kappa shape index (κ3) is 4.48. The van der Waals surface area contributed by atoms with Gasteiger partial charge in [0.2, 0.25) is 10.9 Å². The van der Waals surface area contributed by atoms with Crippen molar-refractivity contribution in [2.75, 3.05) is 17.4 Å². The van der Waals surface area contributed by atoms with Gasteiger partial charge in [0.05, 0.1) is 18.3 Å². The molecule has 0 spiro atoms. The molecule has 1 aromatic heterocycles. The Morgan fingerprint density at radius 1 is 1.52 bits per heavy atom. The lowest BCUT2D eigenvalue weighted by molar-refractivity contribution is -0.00325. The fraction of sp³-hybridized carbons (Fsp3) is 0.571. The summed E-state index contributed by atoms with van der Waals surface area (Å²) in [4.78, 5) is 17.5. The molecule has 0 saturated carbocycles. The van der Waals surface area contributed by atoms with Crippen molar-refractivity contribution in [2.24, 2.45) is 0 Å². The summed E-state index contributed by atoms with van der Waals surface area (Å²) in [7, 11) is -2.90. The third-order valence-electron chi connectivity index (χ3n) is 3.37. The number of thiol groups is 1. The van der Waals surface area contributed by atoms with Gasteiger partial charge in [0.1, 0.15) is 5.60 Å². The molecule has 1 aromatic rings. The lowest BCUT2D eigenvalue weighted by atomic mass is 10.0. The van der Waals surface area contributed by atoms with Crippen molar-refractivity contribution in [1.29, 1.82) is 0 Å². The second-order valence-corrected chi connectivity index (χ2v) is 7.57. The molecule has 1 aliphatic rings. The van der Waals surface area contributed by atoms with Gasteiger partial charge in [0, 0.05) is 12.7 Å². The summed E-state index contributed by atoms with van der Waals surface area (Å²) in [6.45, 7) is 6.04. The van der Waals surface area contributed by atoms with Crippen LogP contribution >= 0.6 is 11.6 Å². The van der Waals surface area contributed by atoms with E-state index >= 15 is 0 Å². The van der Waals surface area contributed by atoms with Crippen LogP contribution in [0.3, 0.4) is 0 Å². The average Bonchev–Trinajstić information content (AvgIpc) is 2.37. The van der Waals surface area contributed by atoms with Gasteiger partial charge in [-0.1, -0.05) is 11.6 Å². The van der Waals surface area contributed by atoms with E-state index in [-0.39, 0.29) is 17.7 Å². The van der Waals surface area contributed by atoms with Crippen LogP contribution in [0.25, 0.3) is 0 Å². The number of aromatic nitrogens is 1. The van der Waals surface area contributed by atoms with Gasteiger partial charge in [-0.25, -0.2) is 18.2 Å². The van der Waals surface area contributed by atoms with Crippen molar-refractivity contribution >= 4 is 34.3 Å². The molecule has 2 rings (SSSR count). The monoisotopic (exact) mass is 361 g/mol. The van der Waals surface area contributed by atoms with E-state index in [4.69, 9.17) is 16.3 Å². The number of ether oxygens (including phenoxy) is 1. The first kappa shape index (κ1) is 17.8. The van der Waals surface area contributed by atoms with Crippen molar-refractivity contribution in [3.8, 4) is 0 Å². The minimum absolute atomic E-state index is 0.106. The van der Waals surface area contributed by atoms with E-state index in [0.717, 1.165) is 4.31 Å². The number of amides is 1. The number of pyridine rings is 1. The van der Waals surface area contributed by atoms with Gasteiger partial charge >= 0.3 is 6.09 Å². The summed E-state index contributed by atoms with van der Waals surface area (Å²) < 4.78 is 29.6. The van der Waals surface area contributed by atoms with E-state index in [0.29, 0.717) is 18.7 Å². The zero-order valence-corrected chi connectivity index (χ0v) is 14.9. The first-order valence-corrected chi connectivity index (χ1v) is 8.72. The number of nitrogens with zero attached hydrogens (tertiary/aromatic N) is 3. The Balaban J connectivity index is 2.10. The number of carbonyl (C=O) groups excluding carboxylic acids is 1. The number of carbonyl (C=O) groups is 1. The number of hydrogen-bond acceptors (Lipinski definition) is 5.